The fraction of sp³-hybridized carbons (Fsp3) is 0.300. The molecule has 2 aromatic rings. The van der Waals surface area contributed by atoms with E-state index in [0.717, 1.165) is 5.56 Å². The topological polar surface area (TPSA) is 131 Å². The van der Waals surface area contributed by atoms with Gasteiger partial charge in [0.05, 0.1) is 29.2 Å². The van der Waals surface area contributed by atoms with E-state index in [0.29, 0.717) is 38.3 Å². The number of hydrogen-bond donors (Lipinski definition) is 1. The lowest BCUT2D eigenvalue weighted by Crippen LogP contribution is -2.40. The zero-order valence-electron chi connectivity index (χ0n) is 16.9. The maximum absolute atomic E-state index is 12.6. The van der Waals surface area contributed by atoms with E-state index in [1.807, 2.05) is 0 Å². The molecule has 1 fully saturated rings. The van der Waals surface area contributed by atoms with Gasteiger partial charge in [0.15, 0.2) is 0 Å². The van der Waals surface area contributed by atoms with Crippen molar-refractivity contribution in [2.45, 2.75) is 17.7 Å². The first-order valence-corrected chi connectivity index (χ1v) is 11.5. The molecule has 1 aliphatic heterocycles. The summed E-state index contributed by atoms with van der Waals surface area (Å²) in [5.74, 6) is -0.352. The normalized spacial score (nSPS) is 15.0. The first-order valence-electron chi connectivity index (χ1n) is 9.70. The van der Waals surface area contributed by atoms with Gasteiger partial charge in [0.2, 0.25) is 15.9 Å². The molecule has 1 aliphatic rings. The van der Waals surface area contributed by atoms with Gasteiger partial charge in [-0.05, 0) is 30.2 Å². The van der Waals surface area contributed by atoms with Gasteiger partial charge >= 0.3 is 0 Å². The third kappa shape index (κ3) is 6.10. The molecule has 1 amide bonds. The molecule has 3 rings (SSSR count). The van der Waals surface area contributed by atoms with Crippen LogP contribution in [0.4, 0.5) is 5.69 Å². The number of aryl methyl sites for hydroxylation is 1. The molecule has 12 heteroatoms. The number of morpholine rings is 1. The molecule has 32 heavy (non-hydrogen) atoms. The third-order valence-corrected chi connectivity index (χ3v) is 6.97. The number of halogens is 1. The molecule has 0 radical (unpaired) electrons. The second-order valence-electron chi connectivity index (χ2n) is 6.92. The van der Waals surface area contributed by atoms with E-state index in [-0.39, 0.29) is 27.9 Å². The summed E-state index contributed by atoms with van der Waals surface area (Å²) in [6.45, 7) is 1.41. The number of rotatable bonds is 8. The van der Waals surface area contributed by atoms with Crippen molar-refractivity contribution in [3.05, 3.63) is 68.7 Å². The number of amides is 1. The standard InChI is InChI=1S/C20H21ClN4O6S/c21-18-7-3-16(13-19(18)25(27)28)14-22-23-20(26)8-4-15-1-5-17(6-2-15)32(29,30)24-9-11-31-12-10-24/h1-3,5-7,13-14H,4,8-12H2,(H,23,26)/b22-14-. The van der Waals surface area contributed by atoms with Crippen molar-refractivity contribution in [2.24, 2.45) is 5.10 Å². The second-order valence-corrected chi connectivity index (χ2v) is 9.27. The van der Waals surface area contributed by atoms with Crippen molar-refractivity contribution >= 4 is 39.4 Å². The largest absolute Gasteiger partial charge is 0.379 e. The summed E-state index contributed by atoms with van der Waals surface area (Å²) in [7, 11) is -3.56. The minimum atomic E-state index is -3.56. The Morgan fingerprint density at radius 1 is 1.22 bits per heavy atom. The first-order chi connectivity index (χ1) is 15.3. The van der Waals surface area contributed by atoms with Crippen LogP contribution in [0.5, 0.6) is 0 Å². The highest BCUT2D eigenvalue weighted by Gasteiger charge is 2.26. The molecule has 0 bridgehead atoms. The molecule has 0 atom stereocenters. The number of nitro groups is 1. The van der Waals surface area contributed by atoms with Crippen molar-refractivity contribution in [1.29, 1.82) is 0 Å². The van der Waals surface area contributed by atoms with Crippen LogP contribution >= 0.6 is 11.6 Å². The Hall–Kier alpha value is -2.86. The number of sulfonamides is 1. The van der Waals surface area contributed by atoms with Crippen LogP contribution in [0.15, 0.2) is 52.5 Å². The summed E-state index contributed by atoms with van der Waals surface area (Å²) >= 11 is 5.75. The predicted molar refractivity (Wildman–Crippen MR) is 118 cm³/mol. The quantitative estimate of drug-likeness (QED) is 0.350. The Morgan fingerprint density at radius 2 is 1.91 bits per heavy atom. The second kappa shape index (κ2) is 10.6. The average Bonchev–Trinajstić information content (AvgIpc) is 2.79. The SMILES string of the molecule is O=C(CCc1ccc(S(=O)(=O)N2CCOCC2)cc1)N/N=C\c1ccc(Cl)c([N+](=O)[O-])c1. The number of hydrazone groups is 1. The zero-order chi connectivity index (χ0) is 23.1. The molecule has 1 heterocycles. The monoisotopic (exact) mass is 480 g/mol. The summed E-state index contributed by atoms with van der Waals surface area (Å²) in [4.78, 5) is 22.5. The minimum absolute atomic E-state index is 0.0138. The van der Waals surface area contributed by atoms with Gasteiger partial charge in [-0.3, -0.25) is 14.9 Å². The molecular formula is C20H21ClN4O6S. The van der Waals surface area contributed by atoms with Crippen molar-refractivity contribution in [2.75, 3.05) is 26.3 Å². The fourth-order valence-electron chi connectivity index (χ4n) is 3.01. The fourth-order valence-corrected chi connectivity index (χ4v) is 4.60. The molecule has 0 saturated carbocycles. The van der Waals surface area contributed by atoms with E-state index in [4.69, 9.17) is 16.3 Å². The van der Waals surface area contributed by atoms with Crippen LogP contribution in [0.1, 0.15) is 17.5 Å². The molecular weight excluding hydrogens is 460 g/mol. The van der Waals surface area contributed by atoms with Crippen LogP contribution in [0.25, 0.3) is 0 Å². The van der Waals surface area contributed by atoms with Gasteiger partial charge < -0.3 is 4.74 Å². The number of nitrogens with one attached hydrogen (secondary N) is 1. The van der Waals surface area contributed by atoms with Gasteiger partial charge in [0.1, 0.15) is 5.02 Å². The molecule has 0 spiro atoms. The van der Waals surface area contributed by atoms with Gasteiger partial charge in [0.25, 0.3) is 5.69 Å². The highest BCUT2D eigenvalue weighted by Crippen LogP contribution is 2.24. The summed E-state index contributed by atoms with van der Waals surface area (Å²) in [5, 5.41) is 14.7. The van der Waals surface area contributed by atoms with E-state index < -0.39 is 14.9 Å². The van der Waals surface area contributed by atoms with Crippen LogP contribution in [-0.4, -0.2) is 56.1 Å². The van der Waals surface area contributed by atoms with E-state index in [2.05, 4.69) is 10.5 Å². The number of benzene rings is 2. The van der Waals surface area contributed by atoms with Crippen molar-refractivity contribution in [3.8, 4) is 0 Å². The molecule has 10 nitrogen and oxygen atoms in total. The third-order valence-electron chi connectivity index (χ3n) is 4.74. The number of nitro benzene ring substituents is 1. The van der Waals surface area contributed by atoms with Gasteiger partial charge in [-0.1, -0.05) is 29.8 Å². The van der Waals surface area contributed by atoms with E-state index in [1.54, 1.807) is 12.1 Å². The Kier molecular flexibility index (Phi) is 7.91. The Bertz CT molecular complexity index is 1120. The summed E-state index contributed by atoms with van der Waals surface area (Å²) in [6, 6.07) is 10.6. The smallest absolute Gasteiger partial charge is 0.288 e. The van der Waals surface area contributed by atoms with Crippen LogP contribution in [0.2, 0.25) is 5.02 Å². The number of hydrogen-bond acceptors (Lipinski definition) is 7. The molecule has 1 N–H and O–H groups in total. The maximum atomic E-state index is 12.6. The van der Waals surface area contributed by atoms with Crippen molar-refractivity contribution in [3.63, 3.8) is 0 Å². The number of nitrogens with zero attached hydrogens (tertiary/aromatic N) is 3. The lowest BCUT2D eigenvalue weighted by molar-refractivity contribution is -0.384. The Balaban J connectivity index is 1.51. The van der Waals surface area contributed by atoms with Crippen molar-refractivity contribution < 1.29 is 22.9 Å². The molecule has 170 valence electrons. The van der Waals surface area contributed by atoms with Gasteiger partial charge in [-0.2, -0.15) is 9.41 Å². The van der Waals surface area contributed by atoms with Crippen LogP contribution in [0, 0.1) is 10.1 Å². The number of carbonyl (C=O) groups excluding carboxylic acids is 1. The van der Waals surface area contributed by atoms with Gasteiger partial charge in [-0.15, -0.1) is 0 Å². The molecule has 2 aromatic carbocycles. The molecule has 0 aromatic heterocycles. The van der Waals surface area contributed by atoms with E-state index in [1.165, 1.54) is 40.9 Å². The highest BCUT2D eigenvalue weighted by atomic mass is 35.5. The average molecular weight is 481 g/mol. The maximum Gasteiger partial charge on any atom is 0.288 e. The summed E-state index contributed by atoms with van der Waals surface area (Å²) < 4.78 is 31.8. The zero-order valence-corrected chi connectivity index (χ0v) is 18.5. The van der Waals surface area contributed by atoms with E-state index >= 15 is 0 Å². The van der Waals surface area contributed by atoms with Gasteiger partial charge in [0, 0.05) is 31.1 Å². The summed E-state index contributed by atoms with van der Waals surface area (Å²) in [5.41, 5.74) is 3.33. The Morgan fingerprint density at radius 3 is 2.56 bits per heavy atom. The summed E-state index contributed by atoms with van der Waals surface area (Å²) in [6.07, 6.45) is 1.81. The predicted octanol–water partition coefficient (Wildman–Crippen LogP) is 2.35. The van der Waals surface area contributed by atoms with Crippen LogP contribution in [-0.2, 0) is 26.0 Å². The van der Waals surface area contributed by atoms with Crippen LogP contribution in [0.3, 0.4) is 0 Å². The lowest BCUT2D eigenvalue weighted by atomic mass is 10.1. The first kappa shape index (κ1) is 23.8. The highest BCUT2D eigenvalue weighted by molar-refractivity contribution is 7.89. The number of carbonyl (C=O) groups is 1. The minimum Gasteiger partial charge on any atom is -0.379 e. The molecule has 0 unspecified atom stereocenters. The Labute approximate surface area is 190 Å². The number of ether oxygens (including phenoxy) is 1. The van der Waals surface area contributed by atoms with E-state index in [9.17, 15) is 23.3 Å². The molecule has 1 saturated heterocycles. The van der Waals surface area contributed by atoms with Gasteiger partial charge in [-0.25, -0.2) is 13.8 Å². The van der Waals surface area contributed by atoms with Crippen LogP contribution < -0.4 is 5.43 Å². The molecule has 0 aliphatic carbocycles. The lowest BCUT2D eigenvalue weighted by Gasteiger charge is -2.26. The van der Waals surface area contributed by atoms with Crippen molar-refractivity contribution in [1.82, 2.24) is 9.73 Å².